The summed E-state index contributed by atoms with van der Waals surface area (Å²) < 4.78 is 11.2. The maximum atomic E-state index is 13.4. The Balaban J connectivity index is 1.10. The normalized spacial score (nSPS) is 11.9. The van der Waals surface area contributed by atoms with Gasteiger partial charge in [0.05, 0.1) is 10.8 Å². The molecule has 0 spiro atoms. The van der Waals surface area contributed by atoms with E-state index >= 15 is 0 Å². The molecule has 0 unspecified atom stereocenters. The van der Waals surface area contributed by atoms with Crippen LogP contribution >= 0.6 is 22.7 Å². The molecule has 4 heteroatoms. The van der Waals surface area contributed by atoms with Crippen molar-refractivity contribution in [3.8, 4) is 33.4 Å². The predicted octanol–water partition coefficient (Wildman–Crippen LogP) is 12.7. The Morgan fingerprint density at radius 3 is 1.66 bits per heavy atom. The van der Waals surface area contributed by atoms with E-state index in [0.717, 1.165) is 10.1 Å². The molecule has 0 saturated carbocycles. The Morgan fingerprint density at radius 2 is 0.936 bits per heavy atom. The molecule has 0 fully saturated rings. The highest BCUT2D eigenvalue weighted by atomic mass is 32.1. The van der Waals surface area contributed by atoms with Gasteiger partial charge in [0, 0.05) is 40.3 Å². The second-order valence-corrected chi connectivity index (χ2v) is 14.1. The lowest BCUT2D eigenvalue weighted by atomic mass is 9.95. The Bertz CT molecular complexity index is 2940. The van der Waals surface area contributed by atoms with Crippen molar-refractivity contribution in [3.63, 3.8) is 0 Å². The van der Waals surface area contributed by atoms with E-state index in [4.69, 9.17) is 4.42 Å². The van der Waals surface area contributed by atoms with Crippen LogP contribution in [-0.2, 0) is 0 Å². The van der Waals surface area contributed by atoms with Gasteiger partial charge in [0.15, 0.2) is 0 Å². The molecule has 0 N–H and O–H groups in total. The number of hydrogen-bond donors (Lipinski definition) is 0. The zero-order chi connectivity index (χ0) is 31.1. The summed E-state index contributed by atoms with van der Waals surface area (Å²) in [4.78, 5) is 13.4. The van der Waals surface area contributed by atoms with Crippen LogP contribution in [0.5, 0.6) is 0 Å². The fourth-order valence-corrected chi connectivity index (χ4v) is 9.52. The van der Waals surface area contributed by atoms with Crippen LogP contribution in [0.25, 0.3) is 95.7 Å². The van der Waals surface area contributed by atoms with Gasteiger partial charge in [0.25, 0.3) is 0 Å². The molecule has 0 aliphatic rings. The van der Waals surface area contributed by atoms with Gasteiger partial charge in [-0.05, 0) is 75.8 Å². The second-order valence-electron chi connectivity index (χ2n) is 12.0. The van der Waals surface area contributed by atoms with Gasteiger partial charge in [-0.2, -0.15) is 0 Å². The Hall–Kier alpha value is -5.55. The highest BCUT2D eigenvalue weighted by Gasteiger charge is 2.16. The molecular formula is C43H24O2S2. The predicted molar refractivity (Wildman–Crippen MR) is 202 cm³/mol. The lowest BCUT2D eigenvalue weighted by molar-refractivity contribution is 0.660. The summed E-state index contributed by atoms with van der Waals surface area (Å²) in [5, 5.41) is 6.15. The Kier molecular flexibility index (Phi) is 5.80. The molecule has 10 rings (SSSR count). The molecular weight excluding hydrogens is 613 g/mol. The zero-order valence-corrected chi connectivity index (χ0v) is 26.6. The van der Waals surface area contributed by atoms with Crippen LogP contribution in [0.3, 0.4) is 0 Å². The van der Waals surface area contributed by atoms with Crippen molar-refractivity contribution in [1.29, 1.82) is 0 Å². The van der Waals surface area contributed by atoms with E-state index in [1.807, 2.05) is 47.7 Å². The summed E-state index contributed by atoms with van der Waals surface area (Å²) in [5.41, 5.74) is 8.47. The third-order valence-electron chi connectivity index (χ3n) is 9.28. The minimum atomic E-state index is 0.0138. The first-order valence-corrected chi connectivity index (χ1v) is 17.3. The molecule has 0 radical (unpaired) electrons. The van der Waals surface area contributed by atoms with Crippen molar-refractivity contribution in [1.82, 2.24) is 0 Å². The van der Waals surface area contributed by atoms with Gasteiger partial charge in [-0.1, -0.05) is 103 Å². The van der Waals surface area contributed by atoms with E-state index in [9.17, 15) is 4.79 Å². The van der Waals surface area contributed by atoms with Crippen molar-refractivity contribution < 1.29 is 4.42 Å². The number of fused-ring (bicyclic) bond motifs is 8. The molecule has 0 aliphatic heterocycles. The van der Waals surface area contributed by atoms with Crippen LogP contribution in [0.15, 0.2) is 155 Å². The van der Waals surface area contributed by atoms with Gasteiger partial charge < -0.3 is 4.42 Å². The fourth-order valence-electron chi connectivity index (χ4n) is 7.03. The van der Waals surface area contributed by atoms with E-state index in [2.05, 4.69) is 109 Å². The molecule has 3 aromatic heterocycles. The highest BCUT2D eigenvalue weighted by molar-refractivity contribution is 7.26. The first-order valence-electron chi connectivity index (χ1n) is 15.6. The van der Waals surface area contributed by atoms with E-state index < -0.39 is 0 Å². The van der Waals surface area contributed by atoms with Crippen LogP contribution in [0, 0.1) is 0 Å². The Morgan fingerprint density at radius 1 is 0.383 bits per heavy atom. The van der Waals surface area contributed by atoms with Crippen molar-refractivity contribution in [3.05, 3.63) is 156 Å². The molecule has 10 aromatic rings. The van der Waals surface area contributed by atoms with E-state index in [1.54, 1.807) is 11.3 Å². The number of rotatable bonds is 3. The Labute approximate surface area is 277 Å². The molecule has 0 saturated heterocycles. The van der Waals surface area contributed by atoms with Crippen LogP contribution in [0.1, 0.15) is 0 Å². The quantitative estimate of drug-likeness (QED) is 0.181. The molecule has 7 aromatic carbocycles. The topological polar surface area (TPSA) is 30.2 Å². The van der Waals surface area contributed by atoms with Gasteiger partial charge in [-0.15, -0.1) is 22.7 Å². The largest absolute Gasteiger partial charge is 0.456 e. The lowest BCUT2D eigenvalue weighted by Crippen LogP contribution is -2.01. The average Bonchev–Trinajstić information content (AvgIpc) is 3.69. The van der Waals surface area contributed by atoms with E-state index in [1.165, 1.54) is 63.6 Å². The molecule has 220 valence electrons. The number of benzene rings is 7. The lowest BCUT2D eigenvalue weighted by Gasteiger charge is -2.10. The van der Waals surface area contributed by atoms with Crippen molar-refractivity contribution >= 4 is 85.0 Å². The molecule has 0 amide bonds. The number of hydrogen-bond acceptors (Lipinski definition) is 4. The second kappa shape index (κ2) is 10.2. The van der Waals surface area contributed by atoms with Gasteiger partial charge >= 0.3 is 0 Å². The summed E-state index contributed by atoms with van der Waals surface area (Å²) in [6, 6.07) is 51.1. The summed E-state index contributed by atoms with van der Waals surface area (Å²) >= 11 is 3.60. The molecule has 0 atom stereocenters. The van der Waals surface area contributed by atoms with Crippen molar-refractivity contribution in [2.75, 3.05) is 0 Å². The minimum absolute atomic E-state index is 0.0138. The average molecular weight is 637 g/mol. The first kappa shape index (κ1) is 26.6. The van der Waals surface area contributed by atoms with E-state index in [-0.39, 0.29) is 5.43 Å². The van der Waals surface area contributed by atoms with E-state index in [0.29, 0.717) is 21.9 Å². The minimum Gasteiger partial charge on any atom is -0.456 e. The zero-order valence-electron chi connectivity index (χ0n) is 25.0. The number of para-hydroxylation sites is 1. The van der Waals surface area contributed by atoms with Gasteiger partial charge in [0.1, 0.15) is 11.2 Å². The molecule has 2 nitrogen and oxygen atoms in total. The fraction of sp³-hybridized carbons (Fsp3) is 0. The van der Waals surface area contributed by atoms with Crippen molar-refractivity contribution in [2.45, 2.75) is 0 Å². The summed E-state index contributed by atoms with van der Waals surface area (Å²) in [7, 11) is 0. The SMILES string of the molecule is O=c1c2ccccc2oc2cc3c(cc12)sc1c(-c2cccc(-c4cccc(-c5cccc6c5sc5ccccc56)c4)c2)cccc13. The van der Waals surface area contributed by atoms with Gasteiger partial charge in [0.2, 0.25) is 5.43 Å². The first-order chi connectivity index (χ1) is 23.2. The third-order valence-corrected chi connectivity index (χ3v) is 11.7. The maximum absolute atomic E-state index is 13.4. The van der Waals surface area contributed by atoms with Gasteiger partial charge in [-0.25, -0.2) is 0 Å². The summed E-state index contributed by atoms with van der Waals surface area (Å²) in [6.45, 7) is 0. The standard InChI is InChI=1S/C43H24O2S2/c44-41-34-14-1-3-19-37(34)45-38-23-35-33-18-8-16-30(43(33)47-40(35)24-36(38)41)28-12-6-10-26(22-28)25-9-5-11-27(21-25)29-15-7-17-32-31-13-2-4-20-39(31)46-42(29)32/h1-24H. The smallest absolute Gasteiger partial charge is 0.200 e. The summed E-state index contributed by atoms with van der Waals surface area (Å²) in [6.07, 6.45) is 0. The van der Waals surface area contributed by atoms with Crippen LogP contribution in [0.4, 0.5) is 0 Å². The molecule has 0 aliphatic carbocycles. The third kappa shape index (κ3) is 4.12. The molecule has 0 bridgehead atoms. The number of thiophene rings is 2. The van der Waals surface area contributed by atoms with Crippen LogP contribution in [0.2, 0.25) is 0 Å². The van der Waals surface area contributed by atoms with Crippen LogP contribution < -0.4 is 5.43 Å². The molecule has 47 heavy (non-hydrogen) atoms. The summed E-state index contributed by atoms with van der Waals surface area (Å²) in [5.74, 6) is 0. The van der Waals surface area contributed by atoms with Crippen molar-refractivity contribution in [2.24, 2.45) is 0 Å². The van der Waals surface area contributed by atoms with Crippen LogP contribution in [-0.4, -0.2) is 0 Å². The maximum Gasteiger partial charge on any atom is 0.200 e. The molecule has 3 heterocycles. The highest BCUT2D eigenvalue weighted by Crippen LogP contribution is 2.43. The van der Waals surface area contributed by atoms with Gasteiger partial charge in [-0.3, -0.25) is 4.79 Å². The monoisotopic (exact) mass is 636 g/mol.